The summed E-state index contributed by atoms with van der Waals surface area (Å²) in [6.07, 6.45) is 0. The standard InChI is InChI=1S/C15H10N2O2/c1-19-9-6-7-11-13(8-9)15(18)12-5-3-2-4-10(12)14(11)17-16/h2-8H,1H3. The van der Waals surface area contributed by atoms with Gasteiger partial charge in [0.05, 0.1) is 17.9 Å². The zero-order valence-corrected chi connectivity index (χ0v) is 10.3. The van der Waals surface area contributed by atoms with Crippen molar-refractivity contribution in [2.75, 3.05) is 7.11 Å². The van der Waals surface area contributed by atoms with Crippen LogP contribution in [-0.4, -0.2) is 7.11 Å². The lowest BCUT2D eigenvalue weighted by atomic mass is 9.99. The third-order valence-corrected chi connectivity index (χ3v) is 3.25. The van der Waals surface area contributed by atoms with Crippen molar-refractivity contribution in [1.29, 1.82) is 5.39 Å². The molecular formula is C15H10N2O2. The molecule has 0 spiro atoms. The van der Waals surface area contributed by atoms with Gasteiger partial charge in [0, 0.05) is 0 Å². The third kappa shape index (κ3) is 1.56. The van der Waals surface area contributed by atoms with E-state index < -0.39 is 0 Å². The highest BCUT2D eigenvalue weighted by Gasteiger charge is 2.18. The molecule has 0 atom stereocenters. The lowest BCUT2D eigenvalue weighted by Gasteiger charge is -2.14. The molecule has 0 N–H and O–H groups in total. The second kappa shape index (κ2) is 4.14. The molecule has 0 aliphatic carbocycles. The van der Waals surface area contributed by atoms with Crippen LogP contribution in [0.4, 0.5) is 5.69 Å². The van der Waals surface area contributed by atoms with Crippen molar-refractivity contribution < 1.29 is 9.84 Å². The Bertz CT molecular complexity index is 835. The molecule has 92 valence electrons. The maximum absolute atomic E-state index is 12.4. The number of ether oxygens (including phenoxy) is 1. The van der Waals surface area contributed by atoms with Crippen LogP contribution in [0, 0.1) is 5.39 Å². The Morgan fingerprint density at radius 3 is 2.37 bits per heavy atom. The van der Waals surface area contributed by atoms with Gasteiger partial charge in [-0.3, -0.25) is 0 Å². The van der Waals surface area contributed by atoms with E-state index in [-0.39, 0.29) is 5.75 Å². The van der Waals surface area contributed by atoms with Crippen molar-refractivity contribution in [3.8, 4) is 11.5 Å². The van der Waals surface area contributed by atoms with Gasteiger partial charge in [-0.15, -0.1) is 0 Å². The van der Waals surface area contributed by atoms with Crippen LogP contribution in [0.15, 0.2) is 42.5 Å². The van der Waals surface area contributed by atoms with Gasteiger partial charge >= 0.3 is 5.69 Å². The molecule has 0 heterocycles. The van der Waals surface area contributed by atoms with Gasteiger partial charge in [-0.05, 0) is 35.0 Å². The van der Waals surface area contributed by atoms with Crippen LogP contribution < -0.4 is 9.84 Å². The third-order valence-electron chi connectivity index (χ3n) is 3.25. The summed E-state index contributed by atoms with van der Waals surface area (Å²) < 4.78 is 5.13. The normalized spacial score (nSPS) is 10.5. The molecule has 0 fully saturated rings. The van der Waals surface area contributed by atoms with Gasteiger partial charge in [0.25, 0.3) is 0 Å². The van der Waals surface area contributed by atoms with E-state index in [2.05, 4.69) is 4.98 Å². The molecule has 0 aromatic heterocycles. The smallest absolute Gasteiger partial charge is 0.400 e. The fraction of sp³-hybridized carbons (Fsp3) is 0.0667. The van der Waals surface area contributed by atoms with E-state index in [0.29, 0.717) is 33.0 Å². The summed E-state index contributed by atoms with van der Waals surface area (Å²) in [6, 6.07) is 12.2. The van der Waals surface area contributed by atoms with Crippen molar-refractivity contribution in [2.45, 2.75) is 0 Å². The van der Waals surface area contributed by atoms with Gasteiger partial charge < -0.3 is 9.84 Å². The van der Waals surface area contributed by atoms with Gasteiger partial charge in [0.15, 0.2) is 4.98 Å². The van der Waals surface area contributed by atoms with Crippen molar-refractivity contribution >= 4 is 27.2 Å². The largest absolute Gasteiger partial charge is 0.872 e. The van der Waals surface area contributed by atoms with Crippen LogP contribution >= 0.6 is 0 Å². The average molecular weight is 250 g/mol. The van der Waals surface area contributed by atoms with E-state index in [1.165, 1.54) is 0 Å². The number of benzene rings is 3. The summed E-state index contributed by atoms with van der Waals surface area (Å²) in [5.41, 5.74) is 0.410. The summed E-state index contributed by atoms with van der Waals surface area (Å²) in [4.78, 5) is 3.34. The molecule has 0 aliphatic heterocycles. The van der Waals surface area contributed by atoms with Crippen LogP contribution in [-0.2, 0) is 0 Å². The molecule has 0 radical (unpaired) electrons. The first-order chi connectivity index (χ1) is 9.26. The summed E-state index contributed by atoms with van der Waals surface area (Å²) in [6.45, 7) is 0. The zero-order valence-electron chi connectivity index (χ0n) is 10.3. The Labute approximate surface area is 109 Å². The number of fused-ring (bicyclic) bond motifs is 2. The number of nitrogens with zero attached hydrogens (tertiary/aromatic N) is 2. The van der Waals surface area contributed by atoms with Crippen LogP contribution in [0.2, 0.25) is 0 Å². The topological polar surface area (TPSA) is 60.4 Å². The Balaban J connectivity index is 2.58. The van der Waals surface area contributed by atoms with E-state index in [9.17, 15) is 10.5 Å². The number of diazo groups is 1. The lowest BCUT2D eigenvalue weighted by molar-refractivity contribution is -0.263. The highest BCUT2D eigenvalue weighted by atomic mass is 16.5. The number of rotatable bonds is 1. The average Bonchev–Trinajstić information content (AvgIpc) is 2.48. The summed E-state index contributed by atoms with van der Waals surface area (Å²) in [5.74, 6) is 0.515. The van der Waals surface area contributed by atoms with E-state index in [0.717, 1.165) is 0 Å². The zero-order chi connectivity index (χ0) is 13.4. The minimum absolute atomic E-state index is 0.0862. The quantitative estimate of drug-likeness (QED) is 0.490. The first-order valence-corrected chi connectivity index (χ1v) is 5.81. The van der Waals surface area contributed by atoms with Gasteiger partial charge in [0.1, 0.15) is 5.75 Å². The maximum Gasteiger partial charge on any atom is 0.400 e. The predicted molar refractivity (Wildman–Crippen MR) is 72.2 cm³/mol. The molecule has 3 aromatic rings. The van der Waals surface area contributed by atoms with Crippen molar-refractivity contribution in [2.24, 2.45) is 0 Å². The molecular weight excluding hydrogens is 240 g/mol. The number of hydrogen-bond acceptors (Lipinski definition) is 3. The number of methoxy groups -OCH3 is 1. The fourth-order valence-corrected chi connectivity index (χ4v) is 2.33. The fourth-order valence-electron chi connectivity index (χ4n) is 2.33. The minimum Gasteiger partial charge on any atom is -0.872 e. The van der Waals surface area contributed by atoms with Crippen LogP contribution in [0.5, 0.6) is 11.5 Å². The Morgan fingerprint density at radius 2 is 1.68 bits per heavy atom. The van der Waals surface area contributed by atoms with Crippen molar-refractivity contribution in [1.82, 2.24) is 0 Å². The molecule has 0 saturated carbocycles. The molecule has 4 heteroatoms. The lowest BCUT2D eigenvalue weighted by Crippen LogP contribution is -1.94. The Kier molecular flexibility index (Phi) is 2.46. The van der Waals surface area contributed by atoms with Crippen molar-refractivity contribution in [3.63, 3.8) is 0 Å². The van der Waals surface area contributed by atoms with Crippen molar-refractivity contribution in [3.05, 3.63) is 47.4 Å². The second-order valence-electron chi connectivity index (χ2n) is 4.23. The van der Waals surface area contributed by atoms with E-state index in [4.69, 9.17) is 4.74 Å². The molecule has 0 unspecified atom stereocenters. The van der Waals surface area contributed by atoms with Crippen LogP contribution in [0.25, 0.3) is 26.5 Å². The van der Waals surface area contributed by atoms with E-state index >= 15 is 0 Å². The summed E-state index contributed by atoms with van der Waals surface area (Å²) in [5, 5.41) is 24.0. The molecule has 0 amide bonds. The van der Waals surface area contributed by atoms with E-state index in [1.54, 1.807) is 43.5 Å². The summed E-state index contributed by atoms with van der Waals surface area (Å²) in [7, 11) is 1.55. The Hall–Kier alpha value is -2.80. The molecule has 3 aromatic carbocycles. The number of hydrogen-bond donors (Lipinski definition) is 0. The molecule has 0 saturated heterocycles. The predicted octanol–water partition coefficient (Wildman–Crippen LogP) is 3.56. The van der Waals surface area contributed by atoms with Gasteiger partial charge in [0.2, 0.25) is 5.39 Å². The SMILES string of the molecule is COc1ccc2c([N+]#N)c3ccccc3c([O-])c2c1. The molecule has 0 bridgehead atoms. The second-order valence-corrected chi connectivity index (χ2v) is 4.23. The van der Waals surface area contributed by atoms with Crippen LogP contribution in [0.3, 0.4) is 0 Å². The highest BCUT2D eigenvalue weighted by Crippen LogP contribution is 2.41. The first-order valence-electron chi connectivity index (χ1n) is 5.81. The van der Waals surface area contributed by atoms with Crippen LogP contribution in [0.1, 0.15) is 0 Å². The molecule has 4 nitrogen and oxygen atoms in total. The molecule has 0 aliphatic rings. The Morgan fingerprint density at radius 1 is 1.00 bits per heavy atom. The molecule has 3 rings (SSSR count). The maximum atomic E-state index is 12.4. The van der Waals surface area contributed by atoms with Gasteiger partial charge in [-0.25, -0.2) is 0 Å². The van der Waals surface area contributed by atoms with Gasteiger partial charge in [-0.1, -0.05) is 23.9 Å². The first kappa shape index (κ1) is 11.3. The monoisotopic (exact) mass is 250 g/mol. The summed E-state index contributed by atoms with van der Waals surface area (Å²) >= 11 is 0. The van der Waals surface area contributed by atoms with Gasteiger partial charge in [-0.2, -0.15) is 0 Å². The molecule has 19 heavy (non-hydrogen) atoms. The highest BCUT2D eigenvalue weighted by molar-refractivity contribution is 6.15. The minimum atomic E-state index is -0.0862. The van der Waals surface area contributed by atoms with E-state index in [1.807, 2.05) is 6.07 Å².